The van der Waals surface area contributed by atoms with E-state index in [2.05, 4.69) is 10.3 Å². The lowest BCUT2D eigenvalue weighted by atomic mass is 10.1. The van der Waals surface area contributed by atoms with Gasteiger partial charge in [0.25, 0.3) is 5.56 Å². The van der Waals surface area contributed by atoms with Crippen LogP contribution in [0.25, 0.3) is 20.7 Å². The van der Waals surface area contributed by atoms with Gasteiger partial charge in [0.05, 0.1) is 17.9 Å². The number of nitrogens with one attached hydrogen (secondary N) is 1. The first-order valence-corrected chi connectivity index (χ1v) is 9.82. The van der Waals surface area contributed by atoms with Crippen molar-refractivity contribution in [2.45, 2.75) is 19.5 Å². The smallest absolute Gasteiger partial charge is 0.271 e. The number of carbonyl (C=O) groups excluding carboxylic acids is 1. The number of amides is 1. The Labute approximate surface area is 166 Å². The molecule has 4 rings (SSSR count). The van der Waals surface area contributed by atoms with Crippen LogP contribution in [-0.2, 0) is 11.3 Å². The lowest BCUT2D eigenvalue weighted by molar-refractivity contribution is -0.122. The Kier molecular flexibility index (Phi) is 5.04. The Bertz CT molecular complexity index is 1170. The van der Waals surface area contributed by atoms with Crippen molar-refractivity contribution in [3.63, 3.8) is 0 Å². The van der Waals surface area contributed by atoms with Crippen LogP contribution < -0.4 is 10.9 Å². The predicted octanol–water partition coefficient (Wildman–Crippen LogP) is 4.00. The van der Waals surface area contributed by atoms with E-state index in [1.54, 1.807) is 0 Å². The van der Waals surface area contributed by atoms with Gasteiger partial charge in [-0.3, -0.25) is 14.2 Å². The van der Waals surface area contributed by atoms with Gasteiger partial charge in [0.1, 0.15) is 11.2 Å². The van der Waals surface area contributed by atoms with Gasteiger partial charge in [-0.15, -0.1) is 11.3 Å². The fraction of sp³-hybridized carbons (Fsp3) is 0.136. The Balaban J connectivity index is 1.55. The second-order valence-electron chi connectivity index (χ2n) is 6.57. The summed E-state index contributed by atoms with van der Waals surface area (Å²) >= 11 is 1.40. The van der Waals surface area contributed by atoms with Crippen molar-refractivity contribution in [3.8, 4) is 10.4 Å². The summed E-state index contributed by atoms with van der Waals surface area (Å²) in [7, 11) is 0. The highest BCUT2D eigenvalue weighted by Crippen LogP contribution is 2.30. The van der Waals surface area contributed by atoms with Gasteiger partial charge in [-0.05, 0) is 24.1 Å². The maximum Gasteiger partial charge on any atom is 0.271 e. The van der Waals surface area contributed by atoms with Gasteiger partial charge in [0, 0.05) is 4.88 Å². The number of thiophene rings is 1. The second-order valence-corrected chi connectivity index (χ2v) is 7.62. The third-order valence-corrected chi connectivity index (χ3v) is 5.71. The minimum absolute atomic E-state index is 0.0580. The third-order valence-electron chi connectivity index (χ3n) is 4.55. The first-order chi connectivity index (χ1) is 13.6. The van der Waals surface area contributed by atoms with E-state index in [0.29, 0.717) is 10.2 Å². The minimum Gasteiger partial charge on any atom is -0.348 e. The summed E-state index contributed by atoms with van der Waals surface area (Å²) in [5.41, 5.74) is 2.52. The van der Waals surface area contributed by atoms with Crippen molar-refractivity contribution in [2.75, 3.05) is 0 Å². The van der Waals surface area contributed by atoms with Crippen molar-refractivity contribution in [2.24, 2.45) is 0 Å². The quantitative estimate of drug-likeness (QED) is 0.561. The molecule has 28 heavy (non-hydrogen) atoms. The molecule has 5 nitrogen and oxygen atoms in total. The van der Waals surface area contributed by atoms with Crippen molar-refractivity contribution in [1.82, 2.24) is 14.9 Å². The molecule has 0 aliphatic rings. The van der Waals surface area contributed by atoms with Crippen LogP contribution in [0.3, 0.4) is 0 Å². The zero-order chi connectivity index (χ0) is 19.5. The Morgan fingerprint density at radius 2 is 1.79 bits per heavy atom. The molecule has 0 saturated carbocycles. The van der Waals surface area contributed by atoms with Gasteiger partial charge in [0.2, 0.25) is 5.91 Å². The Hall–Kier alpha value is -3.25. The summed E-state index contributed by atoms with van der Waals surface area (Å²) in [6.45, 7) is 1.86. The first-order valence-electron chi connectivity index (χ1n) is 9.00. The van der Waals surface area contributed by atoms with Gasteiger partial charge >= 0.3 is 0 Å². The number of rotatable bonds is 5. The molecule has 0 saturated heterocycles. The van der Waals surface area contributed by atoms with Crippen LogP contribution in [0.4, 0.5) is 0 Å². The standard InChI is InChI=1S/C22H19N3O2S/c1-15(16-8-4-2-5-9-16)24-20(26)13-25-14-23-18-12-19(28-21(18)22(25)27)17-10-6-3-7-11-17/h2-12,14-15H,13H2,1H3,(H,24,26). The molecule has 1 N–H and O–H groups in total. The number of benzene rings is 2. The lowest BCUT2D eigenvalue weighted by Gasteiger charge is -2.14. The van der Waals surface area contributed by atoms with Crippen molar-refractivity contribution < 1.29 is 4.79 Å². The van der Waals surface area contributed by atoms with Crippen molar-refractivity contribution in [1.29, 1.82) is 0 Å². The molecule has 0 radical (unpaired) electrons. The predicted molar refractivity (Wildman–Crippen MR) is 112 cm³/mol. The third kappa shape index (κ3) is 3.73. The fourth-order valence-corrected chi connectivity index (χ4v) is 4.13. The molecule has 0 aliphatic heterocycles. The molecule has 1 unspecified atom stereocenters. The maximum atomic E-state index is 12.8. The van der Waals surface area contributed by atoms with Gasteiger partial charge in [0.15, 0.2) is 0 Å². The lowest BCUT2D eigenvalue weighted by Crippen LogP contribution is -2.33. The molecule has 1 atom stereocenters. The van der Waals surface area contributed by atoms with E-state index in [1.807, 2.05) is 73.7 Å². The average molecular weight is 389 g/mol. The summed E-state index contributed by atoms with van der Waals surface area (Å²) in [6, 6.07) is 21.4. The summed E-state index contributed by atoms with van der Waals surface area (Å²) in [5.74, 6) is -0.223. The zero-order valence-electron chi connectivity index (χ0n) is 15.3. The van der Waals surface area contributed by atoms with Crippen LogP contribution in [0.15, 0.2) is 77.9 Å². The highest BCUT2D eigenvalue weighted by molar-refractivity contribution is 7.22. The van der Waals surface area contributed by atoms with Crippen LogP contribution in [0.1, 0.15) is 18.5 Å². The van der Waals surface area contributed by atoms with Crippen LogP contribution in [0.2, 0.25) is 0 Å². The number of hydrogen-bond acceptors (Lipinski definition) is 4. The molecule has 0 bridgehead atoms. The molecule has 2 aromatic carbocycles. The molecular weight excluding hydrogens is 370 g/mol. The molecule has 0 fully saturated rings. The van der Waals surface area contributed by atoms with E-state index < -0.39 is 0 Å². The SMILES string of the molecule is CC(NC(=O)Cn1cnc2cc(-c3ccccc3)sc2c1=O)c1ccccc1. The van der Waals surface area contributed by atoms with Crippen LogP contribution in [0, 0.1) is 0 Å². The Morgan fingerprint density at radius 1 is 1.11 bits per heavy atom. The van der Waals surface area contributed by atoms with E-state index in [0.717, 1.165) is 16.0 Å². The molecule has 6 heteroatoms. The molecular formula is C22H19N3O2S. The van der Waals surface area contributed by atoms with Crippen molar-refractivity contribution in [3.05, 3.63) is 89.0 Å². The van der Waals surface area contributed by atoms with Gasteiger partial charge in [-0.2, -0.15) is 0 Å². The normalized spacial score (nSPS) is 12.0. The van der Waals surface area contributed by atoms with E-state index in [-0.39, 0.29) is 24.1 Å². The van der Waals surface area contributed by atoms with Crippen LogP contribution in [-0.4, -0.2) is 15.5 Å². The van der Waals surface area contributed by atoms with Gasteiger partial charge in [-0.1, -0.05) is 60.7 Å². The zero-order valence-corrected chi connectivity index (χ0v) is 16.1. The van der Waals surface area contributed by atoms with Crippen LogP contribution >= 0.6 is 11.3 Å². The highest BCUT2D eigenvalue weighted by atomic mass is 32.1. The monoisotopic (exact) mass is 389 g/mol. The summed E-state index contributed by atoms with van der Waals surface area (Å²) < 4.78 is 1.92. The fourth-order valence-electron chi connectivity index (χ4n) is 3.07. The van der Waals surface area contributed by atoms with E-state index in [1.165, 1.54) is 22.2 Å². The van der Waals surface area contributed by atoms with E-state index >= 15 is 0 Å². The minimum atomic E-state index is -0.223. The van der Waals surface area contributed by atoms with E-state index in [4.69, 9.17) is 0 Å². The summed E-state index contributed by atoms with van der Waals surface area (Å²) in [4.78, 5) is 30.6. The topological polar surface area (TPSA) is 64.0 Å². The molecule has 0 aliphatic carbocycles. The maximum absolute atomic E-state index is 12.8. The number of aromatic nitrogens is 2. The first kappa shape index (κ1) is 18.1. The summed E-state index contributed by atoms with van der Waals surface area (Å²) in [5, 5.41) is 2.93. The van der Waals surface area contributed by atoms with Gasteiger partial charge in [-0.25, -0.2) is 4.98 Å². The largest absolute Gasteiger partial charge is 0.348 e. The molecule has 0 spiro atoms. The number of carbonyl (C=O) groups is 1. The van der Waals surface area contributed by atoms with Gasteiger partial charge < -0.3 is 5.32 Å². The molecule has 140 valence electrons. The van der Waals surface area contributed by atoms with Crippen LogP contribution in [0.5, 0.6) is 0 Å². The van der Waals surface area contributed by atoms with Crippen molar-refractivity contribution >= 4 is 27.5 Å². The molecule has 2 aromatic heterocycles. The molecule has 1 amide bonds. The molecule has 2 heterocycles. The number of hydrogen-bond donors (Lipinski definition) is 1. The Morgan fingerprint density at radius 3 is 2.50 bits per heavy atom. The molecule has 4 aromatic rings. The second kappa shape index (κ2) is 7.78. The highest BCUT2D eigenvalue weighted by Gasteiger charge is 2.14. The number of nitrogens with zero attached hydrogens (tertiary/aromatic N) is 2. The number of fused-ring (bicyclic) bond motifs is 1. The summed E-state index contributed by atoms with van der Waals surface area (Å²) in [6.07, 6.45) is 1.44. The average Bonchev–Trinajstić information content (AvgIpc) is 3.17. The van der Waals surface area contributed by atoms with E-state index in [9.17, 15) is 9.59 Å².